The molecule has 1 amide bonds. The van der Waals surface area contributed by atoms with E-state index >= 15 is 0 Å². The number of nitrogens with one attached hydrogen (secondary N) is 1. The lowest BCUT2D eigenvalue weighted by Gasteiger charge is -2.06. The third-order valence-electron chi connectivity index (χ3n) is 3.14. The smallest absolute Gasteiger partial charge is 0.332 e. The largest absolute Gasteiger partial charge is 0.441 e. The molecule has 0 fully saturated rings. The fourth-order valence-electron chi connectivity index (χ4n) is 2.17. The second-order valence-electron chi connectivity index (χ2n) is 4.81. The lowest BCUT2D eigenvalue weighted by molar-refractivity contribution is 0.102. The first-order valence-corrected chi connectivity index (χ1v) is 7.95. The van der Waals surface area contributed by atoms with E-state index in [9.17, 15) is 17.1 Å². The number of hydrogen-bond acceptors (Lipinski definition) is 5. The average molecular weight is 334 g/mol. The quantitative estimate of drug-likeness (QED) is 0.744. The second-order valence-corrected chi connectivity index (χ2v) is 6.15. The summed E-state index contributed by atoms with van der Waals surface area (Å²) in [6, 6.07) is 9.83. The highest BCUT2D eigenvalue weighted by molar-refractivity contribution is 7.86. The van der Waals surface area contributed by atoms with E-state index in [1.165, 1.54) is 12.1 Å². The summed E-state index contributed by atoms with van der Waals surface area (Å²) in [6.07, 6.45) is 0. The molecule has 0 unspecified atom stereocenters. The first-order valence-electron chi connectivity index (χ1n) is 6.57. The third-order valence-corrected chi connectivity index (χ3v) is 3.96. The van der Waals surface area contributed by atoms with Crippen LogP contribution in [0.5, 0.6) is 0 Å². The molecule has 1 aromatic heterocycles. The van der Waals surface area contributed by atoms with Gasteiger partial charge >= 0.3 is 10.2 Å². The molecule has 0 saturated heterocycles. The zero-order valence-corrected chi connectivity index (χ0v) is 12.7. The predicted molar refractivity (Wildman–Crippen MR) is 81.4 cm³/mol. The molecule has 3 rings (SSSR count). The molecule has 23 heavy (non-hydrogen) atoms. The molecule has 0 saturated carbocycles. The van der Waals surface area contributed by atoms with Crippen LogP contribution in [-0.4, -0.2) is 19.3 Å². The van der Waals surface area contributed by atoms with Crippen molar-refractivity contribution in [3.05, 3.63) is 53.9 Å². The Morgan fingerprint density at radius 1 is 1.22 bits per heavy atom. The number of fused-ring (bicyclic) bond motifs is 1. The molecule has 0 aliphatic rings. The van der Waals surface area contributed by atoms with E-state index in [1.54, 1.807) is 25.1 Å². The standard InChI is InChI=1S/C15H11FN2O4S/c1-9-17-14-12(6-3-7-13(14)22-9)15(19)18-10-4-2-5-11(8-10)23(16,20)21/h2-8H,1H3,(H,18,19). The van der Waals surface area contributed by atoms with Crippen LogP contribution in [0.3, 0.4) is 0 Å². The van der Waals surface area contributed by atoms with Gasteiger partial charge in [0.1, 0.15) is 10.4 Å². The Kier molecular flexibility index (Phi) is 3.61. The predicted octanol–water partition coefficient (Wildman–Crippen LogP) is 3.05. The van der Waals surface area contributed by atoms with Crippen molar-refractivity contribution in [1.29, 1.82) is 0 Å². The van der Waals surface area contributed by atoms with Crippen molar-refractivity contribution in [3.8, 4) is 0 Å². The Balaban J connectivity index is 1.95. The molecule has 1 N–H and O–H groups in total. The molecule has 0 aliphatic heterocycles. The van der Waals surface area contributed by atoms with Gasteiger partial charge in [-0.1, -0.05) is 12.1 Å². The van der Waals surface area contributed by atoms with E-state index in [1.807, 2.05) is 0 Å². The Morgan fingerprint density at radius 2 is 1.96 bits per heavy atom. The van der Waals surface area contributed by atoms with Gasteiger partial charge in [0.2, 0.25) is 0 Å². The molecule has 0 radical (unpaired) electrons. The number of nitrogens with zero attached hydrogens (tertiary/aromatic N) is 1. The highest BCUT2D eigenvalue weighted by Gasteiger charge is 2.16. The molecular weight excluding hydrogens is 323 g/mol. The number of para-hydroxylation sites is 1. The summed E-state index contributed by atoms with van der Waals surface area (Å²) < 4.78 is 40.2. The molecule has 0 aliphatic carbocycles. The van der Waals surface area contributed by atoms with Crippen LogP contribution in [0, 0.1) is 6.92 Å². The number of carbonyl (C=O) groups is 1. The lowest BCUT2D eigenvalue weighted by Crippen LogP contribution is -2.12. The Bertz CT molecular complexity index is 1010. The monoisotopic (exact) mass is 334 g/mol. The number of hydrogen-bond donors (Lipinski definition) is 1. The van der Waals surface area contributed by atoms with Gasteiger partial charge in [-0.15, -0.1) is 3.89 Å². The molecule has 0 spiro atoms. The number of halogens is 1. The van der Waals surface area contributed by atoms with Crippen molar-refractivity contribution < 1.29 is 21.5 Å². The summed E-state index contributed by atoms with van der Waals surface area (Å²) in [5.41, 5.74) is 1.30. The summed E-state index contributed by atoms with van der Waals surface area (Å²) in [5.74, 6) is -0.0805. The summed E-state index contributed by atoms with van der Waals surface area (Å²) in [4.78, 5) is 16.0. The van der Waals surface area contributed by atoms with Crippen molar-refractivity contribution >= 4 is 32.9 Å². The fraction of sp³-hybridized carbons (Fsp3) is 0.0667. The van der Waals surface area contributed by atoms with Crippen molar-refractivity contribution in [2.45, 2.75) is 11.8 Å². The van der Waals surface area contributed by atoms with Crippen LogP contribution in [0.4, 0.5) is 9.57 Å². The Hall–Kier alpha value is -2.74. The van der Waals surface area contributed by atoms with Crippen LogP contribution in [0.25, 0.3) is 11.1 Å². The van der Waals surface area contributed by atoms with E-state index in [0.717, 1.165) is 12.1 Å². The molecule has 1 heterocycles. The first-order chi connectivity index (χ1) is 10.8. The topological polar surface area (TPSA) is 89.3 Å². The molecule has 0 bridgehead atoms. The highest BCUT2D eigenvalue weighted by Crippen LogP contribution is 2.22. The SMILES string of the molecule is Cc1nc2c(C(=O)Nc3cccc(S(=O)(=O)F)c3)cccc2o1. The van der Waals surface area contributed by atoms with Gasteiger partial charge in [0.15, 0.2) is 11.5 Å². The molecule has 8 heteroatoms. The summed E-state index contributed by atoms with van der Waals surface area (Å²) >= 11 is 0. The molecule has 6 nitrogen and oxygen atoms in total. The van der Waals surface area contributed by atoms with Gasteiger partial charge in [-0.05, 0) is 30.3 Å². The van der Waals surface area contributed by atoms with E-state index in [4.69, 9.17) is 4.42 Å². The van der Waals surface area contributed by atoms with Crippen LogP contribution in [0.15, 0.2) is 51.8 Å². The Labute approximate surface area is 131 Å². The number of benzene rings is 2. The molecule has 0 atom stereocenters. The zero-order chi connectivity index (χ0) is 16.6. The molecule has 3 aromatic rings. The van der Waals surface area contributed by atoms with Crippen LogP contribution in [0.2, 0.25) is 0 Å². The Morgan fingerprint density at radius 3 is 2.70 bits per heavy atom. The second kappa shape index (κ2) is 5.47. The van der Waals surface area contributed by atoms with E-state index in [2.05, 4.69) is 10.3 Å². The van der Waals surface area contributed by atoms with Crippen molar-refractivity contribution in [1.82, 2.24) is 4.98 Å². The van der Waals surface area contributed by atoms with Crippen molar-refractivity contribution in [2.24, 2.45) is 0 Å². The number of rotatable bonds is 3. The average Bonchev–Trinajstić information content (AvgIpc) is 2.86. The molecular formula is C15H11FN2O4S. The summed E-state index contributed by atoms with van der Waals surface area (Å²) in [7, 11) is -4.84. The van der Waals surface area contributed by atoms with Gasteiger partial charge in [-0.25, -0.2) is 4.98 Å². The zero-order valence-electron chi connectivity index (χ0n) is 11.9. The number of aromatic nitrogens is 1. The van der Waals surface area contributed by atoms with Gasteiger partial charge in [0, 0.05) is 12.6 Å². The van der Waals surface area contributed by atoms with Gasteiger partial charge in [-0.3, -0.25) is 4.79 Å². The van der Waals surface area contributed by atoms with Crippen LogP contribution >= 0.6 is 0 Å². The maximum Gasteiger partial charge on any atom is 0.332 e. The van der Waals surface area contributed by atoms with Crippen molar-refractivity contribution in [3.63, 3.8) is 0 Å². The highest BCUT2D eigenvalue weighted by atomic mass is 32.3. The normalized spacial score (nSPS) is 11.6. The number of amides is 1. The van der Waals surface area contributed by atoms with Crippen LogP contribution < -0.4 is 5.32 Å². The number of anilines is 1. The van der Waals surface area contributed by atoms with Gasteiger partial charge < -0.3 is 9.73 Å². The van der Waals surface area contributed by atoms with Crippen molar-refractivity contribution in [2.75, 3.05) is 5.32 Å². The van der Waals surface area contributed by atoms with Gasteiger partial charge in [-0.2, -0.15) is 8.42 Å². The van der Waals surface area contributed by atoms with Gasteiger partial charge in [0.25, 0.3) is 5.91 Å². The number of aryl methyl sites for hydroxylation is 1. The fourth-order valence-corrected chi connectivity index (χ4v) is 2.68. The molecule has 2 aromatic carbocycles. The van der Waals surface area contributed by atoms with E-state index < -0.39 is 21.0 Å². The maximum atomic E-state index is 13.0. The van der Waals surface area contributed by atoms with Crippen LogP contribution in [-0.2, 0) is 10.2 Å². The minimum absolute atomic E-state index is 0.158. The van der Waals surface area contributed by atoms with Gasteiger partial charge in [0.05, 0.1) is 5.56 Å². The first kappa shape index (κ1) is 15.2. The van der Waals surface area contributed by atoms with E-state index in [-0.39, 0.29) is 11.3 Å². The lowest BCUT2D eigenvalue weighted by atomic mass is 10.1. The van der Waals surface area contributed by atoms with Crippen LogP contribution in [0.1, 0.15) is 16.2 Å². The summed E-state index contributed by atoms with van der Waals surface area (Å²) in [6.45, 7) is 1.66. The van der Waals surface area contributed by atoms with E-state index in [0.29, 0.717) is 17.0 Å². The third kappa shape index (κ3) is 3.07. The number of oxazole rings is 1. The minimum Gasteiger partial charge on any atom is -0.441 e. The summed E-state index contributed by atoms with van der Waals surface area (Å²) in [5, 5.41) is 2.52. The maximum absolute atomic E-state index is 13.0. The minimum atomic E-state index is -4.84. The molecule has 118 valence electrons. The number of carbonyl (C=O) groups excluding carboxylic acids is 1.